The second-order valence-electron chi connectivity index (χ2n) is 4.68. The molecule has 0 radical (unpaired) electrons. The van der Waals surface area contributed by atoms with Crippen molar-refractivity contribution in [3.8, 4) is 0 Å². The summed E-state index contributed by atoms with van der Waals surface area (Å²) < 4.78 is 5.48. The first-order valence-corrected chi connectivity index (χ1v) is 6.30. The fraction of sp³-hybridized carbons (Fsp3) is 0.500. The molecule has 1 aliphatic rings. The van der Waals surface area contributed by atoms with E-state index in [0.29, 0.717) is 19.7 Å². The standard InChI is InChI=1S/C14H20N2O2/c1-11-5-3-4-6-12(11)10-16(2)14(17)13-9-15-7-8-18-13/h3-6,13,15H,7-10H2,1-2H3. The van der Waals surface area contributed by atoms with E-state index in [-0.39, 0.29) is 12.0 Å². The zero-order valence-electron chi connectivity index (χ0n) is 11.0. The molecule has 0 aromatic heterocycles. The Bertz CT molecular complexity index is 414. The Morgan fingerprint density at radius 3 is 2.94 bits per heavy atom. The Balaban J connectivity index is 1.96. The predicted molar refractivity (Wildman–Crippen MR) is 70.3 cm³/mol. The number of likely N-dealkylation sites (N-methyl/N-ethyl adjacent to an activating group) is 1. The number of carbonyl (C=O) groups is 1. The molecular formula is C14H20N2O2. The Labute approximate surface area is 108 Å². The number of hydrogen-bond donors (Lipinski definition) is 1. The van der Waals surface area contributed by atoms with Gasteiger partial charge in [-0.25, -0.2) is 0 Å². The van der Waals surface area contributed by atoms with Crippen molar-refractivity contribution in [2.24, 2.45) is 0 Å². The van der Waals surface area contributed by atoms with Gasteiger partial charge in [0.2, 0.25) is 0 Å². The van der Waals surface area contributed by atoms with E-state index in [4.69, 9.17) is 4.74 Å². The molecule has 18 heavy (non-hydrogen) atoms. The molecule has 1 atom stereocenters. The molecule has 1 N–H and O–H groups in total. The van der Waals surface area contributed by atoms with Crippen molar-refractivity contribution in [1.82, 2.24) is 10.2 Å². The molecule has 4 heteroatoms. The second-order valence-corrected chi connectivity index (χ2v) is 4.68. The van der Waals surface area contributed by atoms with Gasteiger partial charge in [-0.05, 0) is 18.1 Å². The number of amides is 1. The molecule has 1 aliphatic heterocycles. The van der Waals surface area contributed by atoms with Crippen LogP contribution in [-0.4, -0.2) is 43.7 Å². The summed E-state index contributed by atoms with van der Waals surface area (Å²) >= 11 is 0. The summed E-state index contributed by atoms with van der Waals surface area (Å²) in [6, 6.07) is 8.12. The number of carbonyl (C=O) groups excluding carboxylic acids is 1. The Kier molecular flexibility index (Phi) is 4.33. The summed E-state index contributed by atoms with van der Waals surface area (Å²) in [5, 5.41) is 3.17. The second kappa shape index (κ2) is 5.98. The summed E-state index contributed by atoms with van der Waals surface area (Å²) in [6.45, 7) is 4.73. The van der Waals surface area contributed by atoms with Crippen molar-refractivity contribution in [2.75, 3.05) is 26.7 Å². The summed E-state index contributed by atoms with van der Waals surface area (Å²) in [6.07, 6.45) is -0.340. The van der Waals surface area contributed by atoms with Crippen molar-refractivity contribution >= 4 is 5.91 Å². The van der Waals surface area contributed by atoms with Crippen LogP contribution in [0, 0.1) is 6.92 Å². The fourth-order valence-electron chi connectivity index (χ4n) is 2.09. The Morgan fingerprint density at radius 1 is 1.50 bits per heavy atom. The van der Waals surface area contributed by atoms with E-state index in [1.54, 1.807) is 4.90 Å². The largest absolute Gasteiger partial charge is 0.366 e. The van der Waals surface area contributed by atoms with Gasteiger partial charge in [-0.1, -0.05) is 24.3 Å². The van der Waals surface area contributed by atoms with Gasteiger partial charge in [0.25, 0.3) is 5.91 Å². The van der Waals surface area contributed by atoms with Crippen LogP contribution in [0.4, 0.5) is 0 Å². The number of morpholine rings is 1. The quantitative estimate of drug-likeness (QED) is 0.865. The molecule has 1 aromatic carbocycles. The van der Waals surface area contributed by atoms with Crippen LogP contribution in [0.15, 0.2) is 24.3 Å². The molecule has 1 heterocycles. The van der Waals surface area contributed by atoms with Crippen molar-refractivity contribution in [1.29, 1.82) is 0 Å². The van der Waals surface area contributed by atoms with Crippen LogP contribution >= 0.6 is 0 Å². The summed E-state index contributed by atoms with van der Waals surface area (Å²) in [4.78, 5) is 13.9. The third-order valence-corrected chi connectivity index (χ3v) is 3.25. The number of aryl methyl sites for hydroxylation is 1. The van der Waals surface area contributed by atoms with Crippen molar-refractivity contribution in [3.63, 3.8) is 0 Å². The normalized spacial score (nSPS) is 19.6. The molecule has 1 fully saturated rings. The molecular weight excluding hydrogens is 228 g/mol. The highest BCUT2D eigenvalue weighted by atomic mass is 16.5. The van der Waals surface area contributed by atoms with Gasteiger partial charge in [0, 0.05) is 26.7 Å². The summed E-state index contributed by atoms with van der Waals surface area (Å²) in [5.74, 6) is 0.0467. The highest BCUT2D eigenvalue weighted by molar-refractivity contribution is 5.81. The summed E-state index contributed by atoms with van der Waals surface area (Å²) in [5.41, 5.74) is 2.39. The monoisotopic (exact) mass is 248 g/mol. The van der Waals surface area contributed by atoms with Gasteiger partial charge in [0.1, 0.15) is 6.10 Å². The van der Waals surface area contributed by atoms with E-state index in [1.807, 2.05) is 19.2 Å². The van der Waals surface area contributed by atoms with Gasteiger partial charge < -0.3 is 15.0 Å². The molecule has 0 bridgehead atoms. The summed E-state index contributed by atoms with van der Waals surface area (Å²) in [7, 11) is 1.83. The van der Waals surface area contributed by atoms with Crippen molar-refractivity contribution in [2.45, 2.75) is 19.6 Å². The highest BCUT2D eigenvalue weighted by Crippen LogP contribution is 2.11. The van der Waals surface area contributed by atoms with Gasteiger partial charge in [-0.15, -0.1) is 0 Å². The minimum Gasteiger partial charge on any atom is -0.366 e. The smallest absolute Gasteiger partial charge is 0.253 e. The van der Waals surface area contributed by atoms with E-state index in [9.17, 15) is 4.79 Å². The number of rotatable bonds is 3. The Morgan fingerprint density at radius 2 is 2.28 bits per heavy atom. The first-order chi connectivity index (χ1) is 8.68. The average Bonchev–Trinajstić information content (AvgIpc) is 2.41. The lowest BCUT2D eigenvalue weighted by atomic mass is 10.1. The van der Waals surface area contributed by atoms with Crippen LogP contribution in [0.3, 0.4) is 0 Å². The molecule has 4 nitrogen and oxygen atoms in total. The first-order valence-electron chi connectivity index (χ1n) is 6.30. The van der Waals surface area contributed by atoms with E-state index in [0.717, 1.165) is 6.54 Å². The average molecular weight is 248 g/mol. The predicted octanol–water partition coefficient (Wildman–Crippen LogP) is 0.942. The molecule has 0 spiro atoms. The van der Waals surface area contributed by atoms with Gasteiger partial charge in [0.05, 0.1) is 6.61 Å². The Hall–Kier alpha value is -1.39. The van der Waals surface area contributed by atoms with Crippen LogP contribution < -0.4 is 5.32 Å². The fourth-order valence-corrected chi connectivity index (χ4v) is 2.09. The van der Waals surface area contributed by atoms with Crippen LogP contribution in [-0.2, 0) is 16.1 Å². The topological polar surface area (TPSA) is 41.6 Å². The third-order valence-electron chi connectivity index (χ3n) is 3.25. The zero-order chi connectivity index (χ0) is 13.0. The molecule has 1 aromatic rings. The molecule has 0 aliphatic carbocycles. The molecule has 1 saturated heterocycles. The number of nitrogens with one attached hydrogen (secondary N) is 1. The SMILES string of the molecule is Cc1ccccc1CN(C)C(=O)C1CNCCO1. The number of hydrogen-bond acceptors (Lipinski definition) is 3. The maximum atomic E-state index is 12.2. The van der Waals surface area contributed by atoms with Crippen LogP contribution in [0.2, 0.25) is 0 Å². The highest BCUT2D eigenvalue weighted by Gasteiger charge is 2.24. The van der Waals surface area contributed by atoms with E-state index >= 15 is 0 Å². The lowest BCUT2D eigenvalue weighted by Gasteiger charge is -2.27. The van der Waals surface area contributed by atoms with Gasteiger partial charge >= 0.3 is 0 Å². The lowest BCUT2D eigenvalue weighted by Crippen LogP contribution is -2.48. The first kappa shape index (κ1) is 13.1. The number of ether oxygens (including phenoxy) is 1. The van der Waals surface area contributed by atoms with Crippen LogP contribution in [0.25, 0.3) is 0 Å². The molecule has 98 valence electrons. The third kappa shape index (κ3) is 3.09. The maximum absolute atomic E-state index is 12.2. The minimum absolute atomic E-state index is 0.0467. The van der Waals surface area contributed by atoms with E-state index in [2.05, 4.69) is 24.4 Å². The molecule has 1 unspecified atom stereocenters. The van der Waals surface area contributed by atoms with Gasteiger partial charge in [-0.3, -0.25) is 4.79 Å². The van der Waals surface area contributed by atoms with Crippen LogP contribution in [0.5, 0.6) is 0 Å². The zero-order valence-corrected chi connectivity index (χ0v) is 11.0. The van der Waals surface area contributed by atoms with E-state index < -0.39 is 0 Å². The number of nitrogens with zero attached hydrogens (tertiary/aromatic N) is 1. The van der Waals surface area contributed by atoms with Crippen molar-refractivity contribution < 1.29 is 9.53 Å². The maximum Gasteiger partial charge on any atom is 0.253 e. The van der Waals surface area contributed by atoms with Crippen molar-refractivity contribution in [3.05, 3.63) is 35.4 Å². The minimum atomic E-state index is -0.340. The molecule has 2 rings (SSSR count). The molecule has 0 saturated carbocycles. The lowest BCUT2D eigenvalue weighted by molar-refractivity contribution is -0.144. The van der Waals surface area contributed by atoms with Gasteiger partial charge in [0.15, 0.2) is 0 Å². The van der Waals surface area contributed by atoms with Gasteiger partial charge in [-0.2, -0.15) is 0 Å². The number of benzene rings is 1. The van der Waals surface area contributed by atoms with Crippen LogP contribution in [0.1, 0.15) is 11.1 Å². The van der Waals surface area contributed by atoms with E-state index in [1.165, 1.54) is 11.1 Å². The molecule has 1 amide bonds.